The van der Waals surface area contributed by atoms with E-state index in [1.54, 1.807) is 16.8 Å². The highest BCUT2D eigenvalue weighted by atomic mass is 79.9. The number of nitrogens with zero attached hydrogens (tertiary/aromatic N) is 1. The van der Waals surface area contributed by atoms with Crippen molar-refractivity contribution < 1.29 is 0 Å². The van der Waals surface area contributed by atoms with Crippen molar-refractivity contribution in [2.75, 3.05) is 5.73 Å². The predicted octanol–water partition coefficient (Wildman–Crippen LogP) is 3.22. The predicted molar refractivity (Wildman–Crippen MR) is 57.5 cm³/mol. The number of hydrogen-bond donors (Lipinski definition) is 1. The van der Waals surface area contributed by atoms with E-state index in [1.807, 2.05) is 11.4 Å². The number of thiazole rings is 1. The molecule has 0 amide bonds. The van der Waals surface area contributed by atoms with E-state index in [9.17, 15) is 0 Å². The third-order valence-corrected chi connectivity index (χ3v) is 3.75. The van der Waals surface area contributed by atoms with Gasteiger partial charge in [0.05, 0.1) is 10.4 Å². The number of nitrogens with two attached hydrogens (primary N) is 1. The smallest absolute Gasteiger partial charge is 0.115 e. The molecule has 2 aromatic rings. The Hall–Kier alpha value is -0.390. The minimum Gasteiger partial charge on any atom is -0.389 e. The quantitative estimate of drug-likeness (QED) is 0.856. The van der Waals surface area contributed by atoms with Gasteiger partial charge in [-0.15, -0.1) is 22.7 Å². The van der Waals surface area contributed by atoms with Gasteiger partial charge in [-0.25, -0.2) is 4.98 Å². The molecule has 5 heteroatoms. The Balaban J connectivity index is 2.50. The first kappa shape index (κ1) is 8.22. The number of nitrogen functional groups attached to an aromatic ring is 1. The van der Waals surface area contributed by atoms with Gasteiger partial charge in [0.2, 0.25) is 0 Å². The fourth-order valence-electron chi connectivity index (χ4n) is 0.878. The van der Waals surface area contributed by atoms with Crippen molar-refractivity contribution in [2.45, 2.75) is 0 Å². The monoisotopic (exact) mass is 260 g/mol. The third-order valence-electron chi connectivity index (χ3n) is 1.40. The lowest BCUT2D eigenvalue weighted by atomic mass is 10.4. The van der Waals surface area contributed by atoms with Crippen LogP contribution in [0, 0.1) is 0 Å². The highest BCUT2D eigenvalue weighted by molar-refractivity contribution is 9.10. The Labute approximate surface area is 86.2 Å². The van der Waals surface area contributed by atoms with Gasteiger partial charge in [0.25, 0.3) is 0 Å². The molecule has 0 saturated heterocycles. The van der Waals surface area contributed by atoms with Crippen LogP contribution in [0.1, 0.15) is 0 Å². The second-order valence-electron chi connectivity index (χ2n) is 2.19. The summed E-state index contributed by atoms with van der Waals surface area (Å²) in [7, 11) is 0. The van der Waals surface area contributed by atoms with E-state index in [2.05, 4.69) is 20.9 Å². The summed E-state index contributed by atoms with van der Waals surface area (Å²) in [5, 5.41) is 2.80. The summed E-state index contributed by atoms with van der Waals surface area (Å²) >= 11 is 6.49. The molecule has 2 heterocycles. The van der Waals surface area contributed by atoms with Crippen LogP contribution in [0.3, 0.4) is 0 Å². The van der Waals surface area contributed by atoms with Gasteiger partial charge in [-0.1, -0.05) is 0 Å². The standard InChI is InChI=1S/C7H5BrN2S2/c8-4-1-5(11-2-4)6-7(9)12-3-10-6/h1-3H,9H2. The summed E-state index contributed by atoms with van der Waals surface area (Å²) in [4.78, 5) is 5.29. The maximum absolute atomic E-state index is 5.73. The molecule has 0 bridgehead atoms. The van der Waals surface area contributed by atoms with Crippen molar-refractivity contribution in [3.8, 4) is 10.6 Å². The van der Waals surface area contributed by atoms with E-state index in [0.717, 1.165) is 20.0 Å². The normalized spacial score (nSPS) is 10.4. The molecule has 0 saturated carbocycles. The fourth-order valence-corrected chi connectivity index (χ4v) is 2.93. The first-order valence-corrected chi connectivity index (χ1v) is 5.76. The molecule has 0 aliphatic carbocycles. The number of hydrogen-bond acceptors (Lipinski definition) is 4. The maximum Gasteiger partial charge on any atom is 0.115 e. The average molecular weight is 261 g/mol. The zero-order valence-corrected chi connectivity index (χ0v) is 9.17. The van der Waals surface area contributed by atoms with Gasteiger partial charge >= 0.3 is 0 Å². The summed E-state index contributed by atoms with van der Waals surface area (Å²) in [6.07, 6.45) is 0. The minimum absolute atomic E-state index is 0.782. The molecule has 2 rings (SSSR count). The molecule has 0 spiro atoms. The zero-order valence-electron chi connectivity index (χ0n) is 5.95. The summed E-state index contributed by atoms with van der Waals surface area (Å²) in [6.45, 7) is 0. The van der Waals surface area contributed by atoms with Crippen LogP contribution >= 0.6 is 38.6 Å². The van der Waals surface area contributed by atoms with Gasteiger partial charge in [-0.2, -0.15) is 0 Å². The number of anilines is 1. The van der Waals surface area contributed by atoms with Crippen molar-refractivity contribution in [1.82, 2.24) is 4.98 Å². The van der Waals surface area contributed by atoms with E-state index in [0.29, 0.717) is 0 Å². The lowest BCUT2D eigenvalue weighted by molar-refractivity contribution is 1.43. The van der Waals surface area contributed by atoms with Crippen LogP contribution in [0.5, 0.6) is 0 Å². The van der Waals surface area contributed by atoms with Crippen molar-refractivity contribution in [1.29, 1.82) is 0 Å². The van der Waals surface area contributed by atoms with Gasteiger partial charge in [-0.3, -0.25) is 0 Å². The highest BCUT2D eigenvalue weighted by Crippen LogP contribution is 2.33. The van der Waals surface area contributed by atoms with Gasteiger partial charge in [0, 0.05) is 9.85 Å². The molecule has 0 unspecified atom stereocenters. The number of aromatic nitrogens is 1. The van der Waals surface area contributed by atoms with Gasteiger partial charge in [-0.05, 0) is 22.0 Å². The summed E-state index contributed by atoms with van der Waals surface area (Å²) < 4.78 is 1.08. The Morgan fingerprint density at radius 1 is 1.42 bits per heavy atom. The Morgan fingerprint density at radius 3 is 2.75 bits per heavy atom. The van der Waals surface area contributed by atoms with Crippen LogP contribution in [0.25, 0.3) is 10.6 Å². The summed E-state index contributed by atoms with van der Waals surface area (Å²) in [5.41, 5.74) is 8.39. The van der Waals surface area contributed by atoms with Crippen LogP contribution < -0.4 is 5.73 Å². The van der Waals surface area contributed by atoms with Crippen LogP contribution in [-0.2, 0) is 0 Å². The molecule has 0 aliphatic heterocycles. The Bertz CT molecular complexity index is 394. The summed E-state index contributed by atoms with van der Waals surface area (Å²) in [6, 6.07) is 2.02. The second-order valence-corrected chi connectivity index (χ2v) is 4.91. The van der Waals surface area contributed by atoms with E-state index in [1.165, 1.54) is 11.3 Å². The Morgan fingerprint density at radius 2 is 2.25 bits per heavy atom. The molecule has 12 heavy (non-hydrogen) atoms. The molecule has 2 nitrogen and oxygen atoms in total. The molecule has 0 atom stereocenters. The zero-order chi connectivity index (χ0) is 8.55. The van der Waals surface area contributed by atoms with E-state index >= 15 is 0 Å². The maximum atomic E-state index is 5.73. The number of thiophene rings is 1. The van der Waals surface area contributed by atoms with Crippen molar-refractivity contribution in [3.63, 3.8) is 0 Å². The van der Waals surface area contributed by atoms with E-state index < -0.39 is 0 Å². The fraction of sp³-hybridized carbons (Fsp3) is 0. The first-order chi connectivity index (χ1) is 5.77. The van der Waals surface area contributed by atoms with E-state index in [-0.39, 0.29) is 0 Å². The summed E-state index contributed by atoms with van der Waals surface area (Å²) in [5.74, 6) is 0. The largest absolute Gasteiger partial charge is 0.389 e. The topological polar surface area (TPSA) is 38.9 Å². The number of rotatable bonds is 1. The second kappa shape index (κ2) is 3.16. The molecule has 0 radical (unpaired) electrons. The van der Waals surface area contributed by atoms with Crippen LogP contribution in [0.15, 0.2) is 21.4 Å². The molecule has 0 aliphatic rings. The number of halogens is 1. The lowest BCUT2D eigenvalue weighted by Gasteiger charge is -1.90. The van der Waals surface area contributed by atoms with Crippen LogP contribution in [0.4, 0.5) is 5.00 Å². The average Bonchev–Trinajstić information content (AvgIpc) is 2.58. The van der Waals surface area contributed by atoms with Gasteiger partial charge < -0.3 is 5.73 Å². The molecule has 0 aromatic carbocycles. The van der Waals surface area contributed by atoms with Gasteiger partial charge in [0.1, 0.15) is 10.7 Å². The molecule has 2 aromatic heterocycles. The van der Waals surface area contributed by atoms with E-state index in [4.69, 9.17) is 5.73 Å². The third kappa shape index (κ3) is 1.39. The minimum atomic E-state index is 0.782. The lowest BCUT2D eigenvalue weighted by Crippen LogP contribution is -1.82. The molecular weight excluding hydrogens is 256 g/mol. The molecular formula is C7H5BrN2S2. The SMILES string of the molecule is Nc1scnc1-c1cc(Br)cs1. The van der Waals surface area contributed by atoms with Crippen LogP contribution in [0.2, 0.25) is 0 Å². The molecule has 2 N–H and O–H groups in total. The van der Waals surface area contributed by atoms with Crippen molar-refractivity contribution >= 4 is 43.6 Å². The van der Waals surface area contributed by atoms with Crippen molar-refractivity contribution in [2.24, 2.45) is 0 Å². The molecule has 62 valence electrons. The highest BCUT2D eigenvalue weighted by Gasteiger charge is 2.07. The van der Waals surface area contributed by atoms with Crippen LogP contribution in [-0.4, -0.2) is 4.98 Å². The van der Waals surface area contributed by atoms with Crippen molar-refractivity contribution in [3.05, 3.63) is 21.4 Å². The first-order valence-electron chi connectivity index (χ1n) is 3.21. The molecule has 0 fully saturated rings. The van der Waals surface area contributed by atoms with Gasteiger partial charge in [0.15, 0.2) is 0 Å². The Kier molecular flexibility index (Phi) is 2.16.